The van der Waals surface area contributed by atoms with Gasteiger partial charge in [-0.1, -0.05) is 65.6 Å². The van der Waals surface area contributed by atoms with Crippen molar-refractivity contribution >= 4 is 45.7 Å². The van der Waals surface area contributed by atoms with Crippen LogP contribution in [0.2, 0.25) is 0 Å². The average Bonchev–Trinajstić information content (AvgIpc) is 3.31. The van der Waals surface area contributed by atoms with Crippen LogP contribution in [0, 0.1) is 0 Å². The molecule has 0 fully saturated rings. The summed E-state index contributed by atoms with van der Waals surface area (Å²) in [4.78, 5) is 24.7. The number of anilines is 2. The first-order valence-electron chi connectivity index (χ1n) is 10.4. The van der Waals surface area contributed by atoms with Crippen LogP contribution in [0.3, 0.4) is 0 Å². The average molecular weight is 491 g/mol. The van der Waals surface area contributed by atoms with Gasteiger partial charge in [0.15, 0.2) is 4.34 Å². The molecule has 2 N–H and O–H groups in total. The number of carbonyl (C=O) groups is 2. The summed E-state index contributed by atoms with van der Waals surface area (Å²) in [7, 11) is 1.59. The maximum atomic E-state index is 12.6. The normalized spacial score (nSPS) is 10.5. The minimum Gasteiger partial charge on any atom is -0.497 e. The lowest BCUT2D eigenvalue weighted by Gasteiger charge is -2.05. The minimum atomic E-state index is -0.254. The van der Waals surface area contributed by atoms with Gasteiger partial charge in [-0.25, -0.2) is 0 Å². The van der Waals surface area contributed by atoms with Gasteiger partial charge in [-0.3, -0.25) is 14.9 Å². The third-order valence-electron chi connectivity index (χ3n) is 4.79. The van der Waals surface area contributed by atoms with Crippen LogP contribution >= 0.6 is 23.1 Å². The highest BCUT2D eigenvalue weighted by Gasteiger charge is 2.12. The fraction of sp³-hybridized carbons (Fsp3) is 0.120. The zero-order valence-corrected chi connectivity index (χ0v) is 20.0. The molecule has 172 valence electrons. The fourth-order valence-corrected chi connectivity index (χ4v) is 4.64. The number of carbonyl (C=O) groups excluding carboxylic acids is 2. The van der Waals surface area contributed by atoms with E-state index in [2.05, 4.69) is 33.0 Å². The van der Waals surface area contributed by atoms with Gasteiger partial charge in [0.2, 0.25) is 11.0 Å². The van der Waals surface area contributed by atoms with Crippen molar-refractivity contribution in [2.24, 2.45) is 0 Å². The van der Waals surface area contributed by atoms with E-state index in [4.69, 9.17) is 4.74 Å². The summed E-state index contributed by atoms with van der Waals surface area (Å²) >= 11 is 2.49. The van der Waals surface area contributed by atoms with Gasteiger partial charge in [0, 0.05) is 11.3 Å². The molecule has 0 atom stereocenters. The number of nitrogens with zero attached hydrogens (tertiary/aromatic N) is 2. The van der Waals surface area contributed by atoms with Crippen molar-refractivity contribution in [3.63, 3.8) is 0 Å². The second-order valence-electron chi connectivity index (χ2n) is 7.25. The lowest BCUT2D eigenvalue weighted by molar-refractivity contribution is -0.113. The van der Waals surface area contributed by atoms with E-state index >= 15 is 0 Å². The third-order valence-corrected chi connectivity index (χ3v) is 6.77. The van der Waals surface area contributed by atoms with Gasteiger partial charge < -0.3 is 10.1 Å². The molecule has 0 aliphatic carbocycles. The van der Waals surface area contributed by atoms with Crippen molar-refractivity contribution in [2.45, 2.75) is 10.8 Å². The van der Waals surface area contributed by atoms with Crippen molar-refractivity contribution < 1.29 is 14.3 Å². The van der Waals surface area contributed by atoms with Gasteiger partial charge in [-0.15, -0.1) is 10.2 Å². The predicted octanol–water partition coefficient (Wildman–Crippen LogP) is 5.12. The molecule has 1 heterocycles. The standard InChI is InChI=1S/C25H22N4O3S2/c1-32-21-13-11-20(12-14-21)26-22(30)16-33-25-29-28-24(34-25)27-23(31)19-9-7-18(8-10-19)15-17-5-3-2-4-6-17/h2-14H,15-16H2,1H3,(H,26,30)(H,27,28,31). The molecule has 9 heteroatoms. The highest BCUT2D eigenvalue weighted by Crippen LogP contribution is 2.26. The maximum Gasteiger partial charge on any atom is 0.257 e. The van der Waals surface area contributed by atoms with Crippen LogP contribution < -0.4 is 15.4 Å². The number of thioether (sulfide) groups is 1. The number of nitrogens with one attached hydrogen (secondary N) is 2. The van der Waals surface area contributed by atoms with Gasteiger partial charge in [0.05, 0.1) is 12.9 Å². The molecule has 2 amide bonds. The molecule has 7 nitrogen and oxygen atoms in total. The Hall–Kier alpha value is -3.69. The Balaban J connectivity index is 1.25. The van der Waals surface area contributed by atoms with Gasteiger partial charge in [0.25, 0.3) is 5.91 Å². The zero-order valence-electron chi connectivity index (χ0n) is 18.4. The first-order valence-corrected chi connectivity index (χ1v) is 12.2. The van der Waals surface area contributed by atoms with Crippen molar-refractivity contribution in [3.05, 3.63) is 95.6 Å². The van der Waals surface area contributed by atoms with Crippen LogP contribution in [-0.2, 0) is 11.2 Å². The van der Waals surface area contributed by atoms with E-state index in [0.29, 0.717) is 20.7 Å². The molecular weight excluding hydrogens is 468 g/mol. The Morgan fingerprint density at radius 1 is 0.882 bits per heavy atom. The van der Waals surface area contributed by atoms with E-state index in [0.717, 1.165) is 17.7 Å². The van der Waals surface area contributed by atoms with E-state index in [1.54, 1.807) is 43.5 Å². The van der Waals surface area contributed by atoms with Crippen LogP contribution in [-0.4, -0.2) is 34.9 Å². The molecule has 0 saturated carbocycles. The number of aromatic nitrogens is 2. The topological polar surface area (TPSA) is 93.2 Å². The number of methoxy groups -OCH3 is 1. The SMILES string of the molecule is COc1ccc(NC(=O)CSc2nnc(NC(=O)c3ccc(Cc4ccccc4)cc3)s2)cc1. The monoisotopic (exact) mass is 490 g/mol. The van der Waals surface area contributed by atoms with Gasteiger partial charge in [-0.05, 0) is 53.9 Å². The van der Waals surface area contributed by atoms with E-state index in [9.17, 15) is 9.59 Å². The molecule has 0 aliphatic heterocycles. The summed E-state index contributed by atoms with van der Waals surface area (Å²) in [6.45, 7) is 0. The highest BCUT2D eigenvalue weighted by molar-refractivity contribution is 8.01. The molecule has 4 aromatic rings. The molecule has 1 aromatic heterocycles. The Labute approximate surface area is 205 Å². The van der Waals surface area contributed by atoms with Crippen LogP contribution in [0.15, 0.2) is 83.2 Å². The first-order chi connectivity index (χ1) is 16.6. The quantitative estimate of drug-likeness (QED) is 0.250. The second-order valence-corrected chi connectivity index (χ2v) is 9.45. The third kappa shape index (κ3) is 6.66. The summed E-state index contributed by atoms with van der Waals surface area (Å²) in [5, 5.41) is 14.0. The number of hydrogen-bond donors (Lipinski definition) is 2. The minimum absolute atomic E-state index is 0.161. The Bertz CT molecular complexity index is 1240. The van der Waals surface area contributed by atoms with E-state index in [-0.39, 0.29) is 17.6 Å². The Kier molecular flexibility index (Phi) is 7.90. The van der Waals surface area contributed by atoms with Crippen LogP contribution in [0.25, 0.3) is 0 Å². The fourth-order valence-electron chi connectivity index (χ4n) is 3.09. The van der Waals surface area contributed by atoms with Crippen molar-refractivity contribution in [1.82, 2.24) is 10.2 Å². The molecule has 0 unspecified atom stereocenters. The zero-order chi connectivity index (χ0) is 23.8. The molecule has 0 aliphatic rings. The first kappa shape index (κ1) is 23.5. The number of hydrogen-bond acceptors (Lipinski definition) is 7. The van der Waals surface area contributed by atoms with Crippen molar-refractivity contribution in [3.8, 4) is 5.75 Å². The van der Waals surface area contributed by atoms with E-state index < -0.39 is 0 Å². The second kappa shape index (κ2) is 11.4. The van der Waals surface area contributed by atoms with Crippen LogP contribution in [0.5, 0.6) is 5.75 Å². The Morgan fingerprint density at radius 3 is 2.29 bits per heavy atom. The van der Waals surface area contributed by atoms with E-state index in [1.807, 2.05) is 30.3 Å². The molecule has 34 heavy (non-hydrogen) atoms. The molecule has 0 bridgehead atoms. The number of ether oxygens (including phenoxy) is 1. The number of benzene rings is 3. The van der Waals surface area contributed by atoms with Crippen molar-refractivity contribution in [2.75, 3.05) is 23.5 Å². The molecule has 4 rings (SSSR count). The van der Waals surface area contributed by atoms with E-state index in [1.165, 1.54) is 28.7 Å². The van der Waals surface area contributed by atoms with Gasteiger partial charge in [-0.2, -0.15) is 0 Å². The lowest BCUT2D eigenvalue weighted by Crippen LogP contribution is -2.13. The van der Waals surface area contributed by atoms with Crippen molar-refractivity contribution in [1.29, 1.82) is 0 Å². The van der Waals surface area contributed by atoms with Gasteiger partial charge in [0.1, 0.15) is 5.75 Å². The summed E-state index contributed by atoms with van der Waals surface area (Å²) in [6, 6.07) is 24.8. The molecule has 0 spiro atoms. The molecule has 0 saturated heterocycles. The summed E-state index contributed by atoms with van der Waals surface area (Å²) in [6.07, 6.45) is 0.811. The summed E-state index contributed by atoms with van der Waals surface area (Å²) in [5.41, 5.74) is 3.58. The molecular formula is C25H22N4O3S2. The van der Waals surface area contributed by atoms with Gasteiger partial charge >= 0.3 is 0 Å². The maximum absolute atomic E-state index is 12.6. The number of amides is 2. The lowest BCUT2D eigenvalue weighted by atomic mass is 10.0. The Morgan fingerprint density at radius 2 is 1.59 bits per heavy atom. The molecule has 0 radical (unpaired) electrons. The van der Waals surface area contributed by atoms with Crippen LogP contribution in [0.4, 0.5) is 10.8 Å². The summed E-state index contributed by atoms with van der Waals surface area (Å²) < 4.78 is 5.70. The number of rotatable bonds is 9. The largest absolute Gasteiger partial charge is 0.497 e. The smallest absolute Gasteiger partial charge is 0.257 e. The van der Waals surface area contributed by atoms with Crippen LogP contribution in [0.1, 0.15) is 21.5 Å². The molecule has 3 aromatic carbocycles. The highest BCUT2D eigenvalue weighted by atomic mass is 32.2. The summed E-state index contributed by atoms with van der Waals surface area (Å²) in [5.74, 6) is 0.485. The predicted molar refractivity (Wildman–Crippen MR) is 136 cm³/mol.